The molecule has 0 radical (unpaired) electrons. The van der Waals surface area contributed by atoms with E-state index in [0.717, 1.165) is 13.0 Å². The van der Waals surface area contributed by atoms with Crippen LogP contribution in [0.4, 0.5) is 0 Å². The average molecular weight is 208 g/mol. The lowest BCUT2D eigenvalue weighted by atomic mass is 10.1. The highest BCUT2D eigenvalue weighted by Gasteiger charge is 2.00. The fourth-order valence-corrected chi connectivity index (χ4v) is 0.678. The lowest BCUT2D eigenvalue weighted by Crippen LogP contribution is -2.28. The van der Waals surface area contributed by atoms with Crippen LogP contribution in [0.25, 0.3) is 0 Å². The molecule has 0 unspecified atom stereocenters. The molecule has 0 aliphatic rings. The van der Waals surface area contributed by atoms with Crippen LogP contribution in [-0.2, 0) is 4.79 Å². The maximum Gasteiger partial charge on any atom is 0.230 e. The van der Waals surface area contributed by atoms with Gasteiger partial charge in [-0.05, 0) is 5.92 Å². The van der Waals surface area contributed by atoms with Gasteiger partial charge >= 0.3 is 0 Å². The van der Waals surface area contributed by atoms with Crippen LogP contribution in [0.5, 0.6) is 0 Å². The van der Waals surface area contributed by atoms with E-state index in [1.54, 1.807) is 0 Å². The van der Waals surface area contributed by atoms with Crippen LogP contribution in [0.3, 0.4) is 0 Å². The molecule has 0 rings (SSSR count). The van der Waals surface area contributed by atoms with Crippen molar-refractivity contribution in [1.29, 1.82) is 0 Å². The lowest BCUT2D eigenvalue weighted by Gasteiger charge is -2.07. The number of hydrogen-bond acceptors (Lipinski definition) is 1. The largest absolute Gasteiger partial charge is 0.355 e. The van der Waals surface area contributed by atoms with Gasteiger partial charge in [-0.25, -0.2) is 0 Å². The number of amides is 1. The highest BCUT2D eigenvalue weighted by atomic mass is 79.9. The molecule has 0 bridgehead atoms. The minimum Gasteiger partial charge on any atom is -0.355 e. The molecule has 0 aromatic carbocycles. The van der Waals surface area contributed by atoms with E-state index >= 15 is 0 Å². The SMILES string of the molecule is CC[C@H](C)CNC(=O)CBr. The molecular weight excluding hydrogens is 194 g/mol. The van der Waals surface area contributed by atoms with Crippen molar-refractivity contribution in [1.82, 2.24) is 5.32 Å². The average Bonchev–Trinajstić information content (AvgIpc) is 1.99. The Morgan fingerprint density at radius 2 is 2.30 bits per heavy atom. The van der Waals surface area contributed by atoms with Gasteiger partial charge < -0.3 is 5.32 Å². The van der Waals surface area contributed by atoms with Crippen molar-refractivity contribution in [2.45, 2.75) is 20.3 Å². The minimum atomic E-state index is 0.0697. The van der Waals surface area contributed by atoms with Crippen LogP contribution < -0.4 is 5.32 Å². The minimum absolute atomic E-state index is 0.0697. The Morgan fingerprint density at radius 1 is 1.70 bits per heavy atom. The van der Waals surface area contributed by atoms with E-state index in [4.69, 9.17) is 0 Å². The Kier molecular flexibility index (Phi) is 5.69. The van der Waals surface area contributed by atoms with Crippen LogP contribution in [0, 0.1) is 5.92 Å². The third-order valence-corrected chi connectivity index (χ3v) is 1.98. The van der Waals surface area contributed by atoms with E-state index < -0.39 is 0 Å². The molecule has 0 aliphatic heterocycles. The molecule has 1 atom stereocenters. The van der Waals surface area contributed by atoms with Crippen LogP contribution in [0.15, 0.2) is 0 Å². The van der Waals surface area contributed by atoms with E-state index in [1.165, 1.54) is 0 Å². The lowest BCUT2D eigenvalue weighted by molar-refractivity contribution is -0.118. The van der Waals surface area contributed by atoms with Gasteiger partial charge in [0.15, 0.2) is 0 Å². The molecule has 0 spiro atoms. The molecule has 0 aromatic rings. The first kappa shape index (κ1) is 9.95. The second kappa shape index (κ2) is 5.71. The van der Waals surface area contributed by atoms with Crippen LogP contribution in [0.2, 0.25) is 0 Å². The van der Waals surface area contributed by atoms with Crippen LogP contribution in [0.1, 0.15) is 20.3 Å². The molecule has 0 saturated carbocycles. The second-order valence-electron chi connectivity index (χ2n) is 2.45. The first-order valence-electron chi connectivity index (χ1n) is 3.53. The monoisotopic (exact) mass is 207 g/mol. The molecule has 0 aliphatic carbocycles. The van der Waals surface area contributed by atoms with Gasteiger partial charge in [0.1, 0.15) is 0 Å². The molecule has 0 heterocycles. The Labute approximate surface area is 70.5 Å². The summed E-state index contributed by atoms with van der Waals surface area (Å²) in [6, 6.07) is 0. The van der Waals surface area contributed by atoms with Gasteiger partial charge in [0.25, 0.3) is 0 Å². The van der Waals surface area contributed by atoms with Crippen LogP contribution >= 0.6 is 15.9 Å². The summed E-state index contributed by atoms with van der Waals surface area (Å²) in [5, 5.41) is 3.20. The maximum atomic E-state index is 10.7. The summed E-state index contributed by atoms with van der Waals surface area (Å²) in [7, 11) is 0. The summed E-state index contributed by atoms with van der Waals surface area (Å²) in [4.78, 5) is 10.7. The summed E-state index contributed by atoms with van der Waals surface area (Å²) in [6.07, 6.45) is 1.11. The summed E-state index contributed by atoms with van der Waals surface area (Å²) in [5.74, 6) is 0.656. The molecule has 0 fully saturated rings. The van der Waals surface area contributed by atoms with Crippen LogP contribution in [-0.4, -0.2) is 17.8 Å². The van der Waals surface area contributed by atoms with E-state index in [1.807, 2.05) is 0 Å². The van der Waals surface area contributed by atoms with Gasteiger partial charge in [0.2, 0.25) is 5.91 Å². The number of nitrogens with one attached hydrogen (secondary N) is 1. The molecule has 60 valence electrons. The van der Waals surface area contributed by atoms with Gasteiger partial charge in [0.05, 0.1) is 5.33 Å². The fourth-order valence-electron chi connectivity index (χ4n) is 0.480. The Hall–Kier alpha value is -0.0500. The Bertz CT molecular complexity index is 106. The summed E-state index contributed by atoms with van der Waals surface area (Å²) >= 11 is 3.07. The van der Waals surface area contributed by atoms with E-state index in [0.29, 0.717) is 11.2 Å². The van der Waals surface area contributed by atoms with E-state index in [-0.39, 0.29) is 5.91 Å². The van der Waals surface area contributed by atoms with Crippen molar-refractivity contribution in [3.8, 4) is 0 Å². The summed E-state index contributed by atoms with van der Waals surface area (Å²) < 4.78 is 0. The fraction of sp³-hybridized carbons (Fsp3) is 0.857. The van der Waals surface area contributed by atoms with Crippen molar-refractivity contribution < 1.29 is 4.79 Å². The van der Waals surface area contributed by atoms with Gasteiger partial charge in [-0.2, -0.15) is 0 Å². The van der Waals surface area contributed by atoms with Crippen molar-refractivity contribution in [3.63, 3.8) is 0 Å². The maximum absolute atomic E-state index is 10.7. The predicted molar refractivity (Wildman–Crippen MR) is 46.3 cm³/mol. The molecule has 10 heavy (non-hydrogen) atoms. The van der Waals surface area contributed by atoms with Crippen molar-refractivity contribution in [2.75, 3.05) is 11.9 Å². The molecule has 1 amide bonds. The van der Waals surface area contributed by atoms with E-state index in [9.17, 15) is 4.79 Å². The number of rotatable bonds is 4. The predicted octanol–water partition coefficient (Wildman–Crippen LogP) is 1.54. The summed E-state index contributed by atoms with van der Waals surface area (Å²) in [6.45, 7) is 5.03. The number of carbonyl (C=O) groups excluding carboxylic acids is 1. The first-order chi connectivity index (χ1) is 4.70. The quantitative estimate of drug-likeness (QED) is 0.697. The van der Waals surface area contributed by atoms with Crippen molar-refractivity contribution in [2.24, 2.45) is 5.92 Å². The zero-order valence-corrected chi connectivity index (χ0v) is 8.07. The van der Waals surface area contributed by atoms with Crippen molar-refractivity contribution >= 4 is 21.8 Å². The number of alkyl halides is 1. The van der Waals surface area contributed by atoms with Crippen molar-refractivity contribution in [3.05, 3.63) is 0 Å². The smallest absolute Gasteiger partial charge is 0.230 e. The highest BCUT2D eigenvalue weighted by Crippen LogP contribution is 1.96. The first-order valence-corrected chi connectivity index (χ1v) is 4.65. The van der Waals surface area contributed by atoms with Gasteiger partial charge in [-0.15, -0.1) is 0 Å². The van der Waals surface area contributed by atoms with E-state index in [2.05, 4.69) is 35.1 Å². The highest BCUT2D eigenvalue weighted by molar-refractivity contribution is 9.09. The molecule has 0 saturated heterocycles. The standard InChI is InChI=1S/C7H14BrNO/c1-3-6(2)5-9-7(10)4-8/h6H,3-5H2,1-2H3,(H,9,10)/t6-/m0/s1. The number of halogens is 1. The van der Waals surface area contributed by atoms with Gasteiger partial charge in [-0.3, -0.25) is 4.79 Å². The normalized spacial score (nSPS) is 12.7. The Morgan fingerprint density at radius 3 is 2.70 bits per heavy atom. The topological polar surface area (TPSA) is 29.1 Å². The molecule has 3 heteroatoms. The summed E-state index contributed by atoms with van der Waals surface area (Å²) in [5.41, 5.74) is 0. The number of hydrogen-bond donors (Lipinski definition) is 1. The Balaban J connectivity index is 3.26. The third-order valence-electron chi connectivity index (χ3n) is 1.47. The second-order valence-corrected chi connectivity index (χ2v) is 3.01. The zero-order chi connectivity index (χ0) is 7.98. The van der Waals surface area contributed by atoms with Gasteiger partial charge in [0, 0.05) is 6.54 Å². The number of carbonyl (C=O) groups is 1. The molecular formula is C7H14BrNO. The molecule has 0 aromatic heterocycles. The van der Waals surface area contributed by atoms with Gasteiger partial charge in [-0.1, -0.05) is 36.2 Å². The zero-order valence-electron chi connectivity index (χ0n) is 6.48. The third kappa shape index (κ3) is 4.79. The molecule has 2 nitrogen and oxygen atoms in total. The molecule has 1 N–H and O–H groups in total.